The fourth-order valence-electron chi connectivity index (χ4n) is 2.51. The maximum atomic E-state index is 4.24. The Bertz CT molecular complexity index is 315. The maximum absolute atomic E-state index is 4.24. The van der Waals surface area contributed by atoms with Crippen molar-refractivity contribution in [1.82, 2.24) is 14.5 Å². The molecule has 90 valence electrons. The van der Waals surface area contributed by atoms with Gasteiger partial charge in [0.2, 0.25) is 5.95 Å². The first-order valence-electron chi connectivity index (χ1n) is 6.20. The van der Waals surface area contributed by atoms with E-state index < -0.39 is 0 Å². The van der Waals surface area contributed by atoms with Gasteiger partial charge >= 0.3 is 0 Å². The molecule has 1 aliphatic carbocycles. The number of nitrogens with one attached hydrogen (secondary N) is 1. The Labute approximate surface area is 97.7 Å². The van der Waals surface area contributed by atoms with Gasteiger partial charge in [0.05, 0.1) is 0 Å². The standard InChI is InChI=1S/C12H22N4/c1-13-12-14-7-8-16(12)10-9-15(2)11-5-3-4-6-11/h7-8,11H,3-6,9-10H2,1-2H3,(H,13,14). The summed E-state index contributed by atoms with van der Waals surface area (Å²) in [5, 5.41) is 3.10. The van der Waals surface area contributed by atoms with Crippen molar-refractivity contribution in [3.63, 3.8) is 0 Å². The zero-order valence-corrected chi connectivity index (χ0v) is 10.3. The van der Waals surface area contributed by atoms with E-state index in [4.69, 9.17) is 0 Å². The molecule has 1 aromatic rings. The molecule has 0 unspecified atom stereocenters. The molecule has 0 atom stereocenters. The van der Waals surface area contributed by atoms with E-state index in [1.807, 2.05) is 19.4 Å². The average Bonchev–Trinajstić information content (AvgIpc) is 2.96. The predicted molar refractivity (Wildman–Crippen MR) is 66.7 cm³/mol. The van der Waals surface area contributed by atoms with Crippen LogP contribution in [0.1, 0.15) is 25.7 Å². The fraction of sp³-hybridized carbons (Fsp3) is 0.750. The smallest absolute Gasteiger partial charge is 0.202 e. The van der Waals surface area contributed by atoms with Gasteiger partial charge in [0, 0.05) is 38.6 Å². The molecule has 16 heavy (non-hydrogen) atoms. The van der Waals surface area contributed by atoms with Gasteiger partial charge in [-0.1, -0.05) is 12.8 Å². The Morgan fingerprint density at radius 3 is 2.94 bits per heavy atom. The molecule has 1 fully saturated rings. The van der Waals surface area contributed by atoms with E-state index in [9.17, 15) is 0 Å². The zero-order chi connectivity index (χ0) is 11.4. The third kappa shape index (κ3) is 2.55. The summed E-state index contributed by atoms with van der Waals surface area (Å²) in [7, 11) is 4.16. The normalized spacial score (nSPS) is 17.2. The van der Waals surface area contributed by atoms with Crippen LogP contribution in [0.3, 0.4) is 0 Å². The fourth-order valence-corrected chi connectivity index (χ4v) is 2.51. The van der Waals surface area contributed by atoms with Gasteiger partial charge in [0.1, 0.15) is 0 Å². The minimum Gasteiger partial charge on any atom is -0.359 e. The molecule has 1 heterocycles. The summed E-state index contributed by atoms with van der Waals surface area (Å²) in [4.78, 5) is 6.74. The van der Waals surface area contributed by atoms with Crippen molar-refractivity contribution in [3.8, 4) is 0 Å². The first-order valence-corrected chi connectivity index (χ1v) is 6.20. The van der Waals surface area contributed by atoms with Crippen molar-refractivity contribution < 1.29 is 0 Å². The molecule has 1 aliphatic rings. The molecule has 0 bridgehead atoms. The topological polar surface area (TPSA) is 33.1 Å². The van der Waals surface area contributed by atoms with Crippen molar-refractivity contribution in [2.24, 2.45) is 0 Å². The summed E-state index contributed by atoms with van der Waals surface area (Å²) in [5.74, 6) is 0.958. The molecule has 4 heteroatoms. The first-order chi connectivity index (χ1) is 7.81. The van der Waals surface area contributed by atoms with Crippen molar-refractivity contribution in [2.45, 2.75) is 38.3 Å². The summed E-state index contributed by atoms with van der Waals surface area (Å²) in [6.07, 6.45) is 9.44. The van der Waals surface area contributed by atoms with Gasteiger partial charge in [-0.2, -0.15) is 0 Å². The number of rotatable bonds is 5. The predicted octanol–water partition coefficient (Wildman–Crippen LogP) is 1.80. The van der Waals surface area contributed by atoms with Crippen molar-refractivity contribution in [2.75, 3.05) is 26.0 Å². The van der Waals surface area contributed by atoms with Crippen molar-refractivity contribution >= 4 is 5.95 Å². The Balaban J connectivity index is 1.82. The molecule has 0 spiro atoms. The highest BCUT2D eigenvalue weighted by atomic mass is 15.2. The lowest BCUT2D eigenvalue weighted by Crippen LogP contribution is -2.32. The van der Waals surface area contributed by atoms with E-state index in [0.29, 0.717) is 0 Å². The van der Waals surface area contributed by atoms with E-state index >= 15 is 0 Å². The van der Waals surface area contributed by atoms with E-state index in [-0.39, 0.29) is 0 Å². The quantitative estimate of drug-likeness (QED) is 0.824. The highest BCUT2D eigenvalue weighted by Gasteiger charge is 2.19. The van der Waals surface area contributed by atoms with E-state index in [2.05, 4.69) is 26.8 Å². The lowest BCUT2D eigenvalue weighted by atomic mass is 10.2. The van der Waals surface area contributed by atoms with Crippen molar-refractivity contribution in [1.29, 1.82) is 0 Å². The molecule has 0 aromatic carbocycles. The number of imidazole rings is 1. The second kappa shape index (κ2) is 5.34. The van der Waals surface area contributed by atoms with Gasteiger partial charge in [-0.3, -0.25) is 0 Å². The number of nitrogens with zero attached hydrogens (tertiary/aromatic N) is 3. The highest BCUT2D eigenvalue weighted by molar-refractivity contribution is 5.23. The summed E-state index contributed by atoms with van der Waals surface area (Å²) < 4.78 is 2.17. The second-order valence-corrected chi connectivity index (χ2v) is 4.61. The SMILES string of the molecule is CNc1nccn1CCN(C)C1CCCC1. The van der Waals surface area contributed by atoms with Gasteiger partial charge in [0.15, 0.2) is 0 Å². The van der Waals surface area contributed by atoms with Gasteiger partial charge in [0.25, 0.3) is 0 Å². The number of aromatic nitrogens is 2. The largest absolute Gasteiger partial charge is 0.359 e. The minimum atomic E-state index is 0.807. The summed E-state index contributed by atoms with van der Waals surface area (Å²) >= 11 is 0. The summed E-state index contributed by atoms with van der Waals surface area (Å²) in [6.45, 7) is 2.12. The van der Waals surface area contributed by atoms with Crippen LogP contribution in [-0.2, 0) is 6.54 Å². The molecular formula is C12H22N4. The Morgan fingerprint density at radius 1 is 1.50 bits per heavy atom. The molecule has 1 saturated carbocycles. The van der Waals surface area contributed by atoms with E-state index in [0.717, 1.165) is 25.1 Å². The Hall–Kier alpha value is -1.03. The van der Waals surface area contributed by atoms with Crippen LogP contribution in [0.25, 0.3) is 0 Å². The number of hydrogen-bond donors (Lipinski definition) is 1. The molecule has 4 nitrogen and oxygen atoms in total. The van der Waals surface area contributed by atoms with Crippen LogP contribution in [0.15, 0.2) is 12.4 Å². The van der Waals surface area contributed by atoms with Crippen LogP contribution in [0.2, 0.25) is 0 Å². The number of anilines is 1. The van der Waals surface area contributed by atoms with Crippen LogP contribution in [0, 0.1) is 0 Å². The van der Waals surface area contributed by atoms with Crippen molar-refractivity contribution in [3.05, 3.63) is 12.4 Å². The zero-order valence-electron chi connectivity index (χ0n) is 10.3. The number of likely N-dealkylation sites (N-methyl/N-ethyl adjacent to an activating group) is 1. The third-order valence-electron chi connectivity index (χ3n) is 3.58. The molecule has 0 amide bonds. The molecule has 0 aliphatic heterocycles. The van der Waals surface area contributed by atoms with Gasteiger partial charge in [-0.25, -0.2) is 4.98 Å². The lowest BCUT2D eigenvalue weighted by Gasteiger charge is -2.24. The monoisotopic (exact) mass is 222 g/mol. The number of hydrogen-bond acceptors (Lipinski definition) is 3. The van der Waals surface area contributed by atoms with Gasteiger partial charge < -0.3 is 14.8 Å². The molecule has 0 saturated heterocycles. The van der Waals surface area contributed by atoms with E-state index in [1.54, 1.807) is 0 Å². The van der Waals surface area contributed by atoms with E-state index in [1.165, 1.54) is 25.7 Å². The average molecular weight is 222 g/mol. The molecule has 2 rings (SSSR count). The first kappa shape index (κ1) is 11.5. The van der Waals surface area contributed by atoms with Crippen LogP contribution in [-0.4, -0.2) is 41.1 Å². The Morgan fingerprint density at radius 2 is 2.25 bits per heavy atom. The Kier molecular flexibility index (Phi) is 3.83. The van der Waals surface area contributed by atoms with Crippen LogP contribution < -0.4 is 5.32 Å². The molecular weight excluding hydrogens is 200 g/mol. The van der Waals surface area contributed by atoms with Gasteiger partial charge in [-0.05, 0) is 19.9 Å². The van der Waals surface area contributed by atoms with Crippen LogP contribution in [0.5, 0.6) is 0 Å². The minimum absolute atomic E-state index is 0.807. The third-order valence-corrected chi connectivity index (χ3v) is 3.58. The van der Waals surface area contributed by atoms with Gasteiger partial charge in [-0.15, -0.1) is 0 Å². The summed E-state index contributed by atoms with van der Waals surface area (Å²) in [5.41, 5.74) is 0. The lowest BCUT2D eigenvalue weighted by molar-refractivity contribution is 0.237. The molecule has 1 N–H and O–H groups in total. The second-order valence-electron chi connectivity index (χ2n) is 4.61. The van der Waals surface area contributed by atoms with Crippen LogP contribution >= 0.6 is 0 Å². The molecule has 0 radical (unpaired) electrons. The summed E-state index contributed by atoms with van der Waals surface area (Å²) in [6, 6.07) is 0.807. The highest BCUT2D eigenvalue weighted by Crippen LogP contribution is 2.22. The molecule has 1 aromatic heterocycles. The van der Waals surface area contributed by atoms with Crippen LogP contribution in [0.4, 0.5) is 5.95 Å². The maximum Gasteiger partial charge on any atom is 0.202 e.